The van der Waals surface area contributed by atoms with Crippen molar-refractivity contribution in [3.05, 3.63) is 34.9 Å². The lowest BCUT2D eigenvalue weighted by Gasteiger charge is -2.15. The lowest BCUT2D eigenvalue weighted by molar-refractivity contribution is 0.312. The van der Waals surface area contributed by atoms with Crippen molar-refractivity contribution < 1.29 is 0 Å². The summed E-state index contributed by atoms with van der Waals surface area (Å²) in [6.45, 7) is 4.92. The first kappa shape index (κ1) is 12.8. The monoisotopic (exact) mass is 270 g/mol. The second-order valence-corrected chi connectivity index (χ2v) is 6.97. The molecule has 1 aromatic carbocycles. The number of fused-ring (bicyclic) bond motifs is 1. The second kappa shape index (κ2) is 5.50. The summed E-state index contributed by atoms with van der Waals surface area (Å²) in [7, 11) is 0. The Bertz CT molecular complexity index is 478. The van der Waals surface area contributed by atoms with Crippen molar-refractivity contribution in [3.8, 4) is 0 Å². The van der Waals surface area contributed by atoms with Gasteiger partial charge in [-0.3, -0.25) is 0 Å². The fourth-order valence-corrected chi connectivity index (χ4v) is 3.96. The standard InChI is InChI=1S/C18H26N2/c1-2-16-5-4-14(10-17(16)3-1)11-19-12-15-8-9-20(13-15)18-6-7-18/h4-5,10,15,18-19H,1-3,6-9,11-13H2. The molecule has 0 aromatic heterocycles. The van der Waals surface area contributed by atoms with E-state index in [9.17, 15) is 0 Å². The minimum atomic E-state index is 0.880. The fraction of sp³-hybridized carbons (Fsp3) is 0.667. The zero-order chi connectivity index (χ0) is 13.4. The van der Waals surface area contributed by atoms with Gasteiger partial charge in [0.05, 0.1) is 0 Å². The molecule has 2 heteroatoms. The van der Waals surface area contributed by atoms with E-state index in [1.807, 2.05) is 0 Å². The van der Waals surface area contributed by atoms with Crippen LogP contribution in [0.1, 0.15) is 42.4 Å². The molecule has 2 aliphatic carbocycles. The van der Waals surface area contributed by atoms with Gasteiger partial charge < -0.3 is 10.2 Å². The molecule has 2 nitrogen and oxygen atoms in total. The average molecular weight is 270 g/mol. The number of likely N-dealkylation sites (tertiary alicyclic amines) is 1. The third-order valence-corrected chi connectivity index (χ3v) is 5.31. The van der Waals surface area contributed by atoms with Gasteiger partial charge in [0.15, 0.2) is 0 Å². The number of aryl methyl sites for hydroxylation is 2. The molecule has 1 atom stereocenters. The molecular formula is C18H26N2. The maximum absolute atomic E-state index is 3.69. The van der Waals surface area contributed by atoms with Gasteiger partial charge in [-0.05, 0) is 74.2 Å². The highest BCUT2D eigenvalue weighted by molar-refractivity contribution is 5.35. The third kappa shape index (κ3) is 2.77. The Labute approximate surface area is 122 Å². The minimum absolute atomic E-state index is 0.880. The zero-order valence-electron chi connectivity index (χ0n) is 12.4. The predicted molar refractivity (Wildman–Crippen MR) is 82.9 cm³/mol. The van der Waals surface area contributed by atoms with Crippen LogP contribution >= 0.6 is 0 Å². The lowest BCUT2D eigenvalue weighted by atomic mass is 10.1. The number of nitrogens with one attached hydrogen (secondary N) is 1. The van der Waals surface area contributed by atoms with Crippen LogP contribution in [0.15, 0.2) is 18.2 Å². The highest BCUT2D eigenvalue weighted by atomic mass is 15.2. The molecule has 1 N–H and O–H groups in total. The zero-order valence-corrected chi connectivity index (χ0v) is 12.4. The van der Waals surface area contributed by atoms with Crippen molar-refractivity contribution in [1.29, 1.82) is 0 Å². The summed E-state index contributed by atoms with van der Waals surface area (Å²) in [6.07, 6.45) is 8.24. The predicted octanol–water partition coefficient (Wildman–Crippen LogP) is 2.75. The molecule has 0 spiro atoms. The van der Waals surface area contributed by atoms with E-state index in [0.29, 0.717) is 0 Å². The van der Waals surface area contributed by atoms with Gasteiger partial charge in [0.1, 0.15) is 0 Å². The first-order valence-corrected chi connectivity index (χ1v) is 8.44. The minimum Gasteiger partial charge on any atom is -0.312 e. The van der Waals surface area contributed by atoms with E-state index in [-0.39, 0.29) is 0 Å². The quantitative estimate of drug-likeness (QED) is 0.885. The molecule has 1 unspecified atom stereocenters. The third-order valence-electron chi connectivity index (χ3n) is 5.31. The molecule has 1 saturated carbocycles. The summed E-state index contributed by atoms with van der Waals surface area (Å²) in [6, 6.07) is 8.06. The molecule has 1 saturated heterocycles. The van der Waals surface area contributed by atoms with Gasteiger partial charge in [-0.2, -0.15) is 0 Å². The number of hydrogen-bond acceptors (Lipinski definition) is 2. The van der Waals surface area contributed by atoms with Gasteiger partial charge in [0.25, 0.3) is 0 Å². The molecule has 4 rings (SSSR count). The van der Waals surface area contributed by atoms with Crippen LogP contribution in [0.25, 0.3) is 0 Å². The first-order valence-electron chi connectivity index (χ1n) is 8.44. The van der Waals surface area contributed by atoms with Crippen molar-refractivity contribution in [2.75, 3.05) is 19.6 Å². The molecule has 0 bridgehead atoms. The van der Waals surface area contributed by atoms with Gasteiger partial charge in [-0.25, -0.2) is 0 Å². The summed E-state index contributed by atoms with van der Waals surface area (Å²) >= 11 is 0. The maximum atomic E-state index is 3.69. The van der Waals surface area contributed by atoms with Crippen LogP contribution in [0.3, 0.4) is 0 Å². The van der Waals surface area contributed by atoms with Crippen LogP contribution in [0.2, 0.25) is 0 Å². The fourth-order valence-electron chi connectivity index (χ4n) is 3.96. The van der Waals surface area contributed by atoms with E-state index in [1.165, 1.54) is 63.7 Å². The van der Waals surface area contributed by atoms with E-state index >= 15 is 0 Å². The van der Waals surface area contributed by atoms with Crippen LogP contribution in [0.4, 0.5) is 0 Å². The Hall–Kier alpha value is -0.860. The number of hydrogen-bond donors (Lipinski definition) is 1. The topological polar surface area (TPSA) is 15.3 Å². The van der Waals surface area contributed by atoms with E-state index in [4.69, 9.17) is 0 Å². The van der Waals surface area contributed by atoms with Gasteiger partial charge in [-0.15, -0.1) is 0 Å². The van der Waals surface area contributed by atoms with E-state index in [0.717, 1.165) is 18.5 Å². The summed E-state index contributed by atoms with van der Waals surface area (Å²) in [4.78, 5) is 2.71. The normalized spacial score (nSPS) is 26.1. The molecule has 20 heavy (non-hydrogen) atoms. The molecule has 1 aromatic rings. The second-order valence-electron chi connectivity index (χ2n) is 6.97. The Morgan fingerprint density at radius 1 is 1.10 bits per heavy atom. The number of benzene rings is 1. The molecule has 1 heterocycles. The Morgan fingerprint density at radius 3 is 2.90 bits per heavy atom. The van der Waals surface area contributed by atoms with Crippen LogP contribution in [0, 0.1) is 5.92 Å². The first-order chi connectivity index (χ1) is 9.88. The maximum Gasteiger partial charge on any atom is 0.0205 e. The van der Waals surface area contributed by atoms with Crippen molar-refractivity contribution in [1.82, 2.24) is 10.2 Å². The molecule has 0 amide bonds. The van der Waals surface area contributed by atoms with Crippen LogP contribution in [-0.4, -0.2) is 30.6 Å². The Balaban J connectivity index is 1.24. The van der Waals surface area contributed by atoms with E-state index in [1.54, 1.807) is 11.1 Å². The lowest BCUT2D eigenvalue weighted by Crippen LogP contribution is -2.27. The largest absolute Gasteiger partial charge is 0.312 e. The van der Waals surface area contributed by atoms with Crippen molar-refractivity contribution in [2.24, 2.45) is 5.92 Å². The van der Waals surface area contributed by atoms with Gasteiger partial charge in [0, 0.05) is 19.1 Å². The van der Waals surface area contributed by atoms with Crippen LogP contribution in [-0.2, 0) is 19.4 Å². The molecule has 0 radical (unpaired) electrons. The molecular weight excluding hydrogens is 244 g/mol. The number of rotatable bonds is 5. The highest BCUT2D eigenvalue weighted by Gasteiger charge is 2.33. The highest BCUT2D eigenvalue weighted by Crippen LogP contribution is 2.31. The van der Waals surface area contributed by atoms with Crippen LogP contribution in [0.5, 0.6) is 0 Å². The average Bonchev–Trinajstić information content (AvgIpc) is 3.02. The van der Waals surface area contributed by atoms with E-state index < -0.39 is 0 Å². The molecule has 3 aliphatic rings. The summed E-state index contributed by atoms with van der Waals surface area (Å²) in [5.74, 6) is 0.880. The number of nitrogens with zero attached hydrogens (tertiary/aromatic N) is 1. The van der Waals surface area contributed by atoms with Crippen molar-refractivity contribution in [2.45, 2.75) is 51.1 Å². The summed E-state index contributed by atoms with van der Waals surface area (Å²) in [5.41, 5.74) is 4.66. The molecule has 108 valence electrons. The SMILES string of the molecule is c1cc2c(cc1CNCC1CCN(C3CC3)C1)CCC2. The van der Waals surface area contributed by atoms with Gasteiger partial charge in [0.2, 0.25) is 0 Å². The summed E-state index contributed by atoms with van der Waals surface area (Å²) < 4.78 is 0. The van der Waals surface area contributed by atoms with Crippen molar-refractivity contribution >= 4 is 0 Å². The van der Waals surface area contributed by atoms with E-state index in [2.05, 4.69) is 28.4 Å². The summed E-state index contributed by atoms with van der Waals surface area (Å²) in [5, 5.41) is 3.69. The van der Waals surface area contributed by atoms with Gasteiger partial charge >= 0.3 is 0 Å². The molecule has 2 fully saturated rings. The smallest absolute Gasteiger partial charge is 0.0205 e. The Morgan fingerprint density at radius 2 is 2.00 bits per heavy atom. The van der Waals surface area contributed by atoms with Crippen molar-refractivity contribution in [3.63, 3.8) is 0 Å². The van der Waals surface area contributed by atoms with Crippen LogP contribution < -0.4 is 5.32 Å². The van der Waals surface area contributed by atoms with Gasteiger partial charge in [-0.1, -0.05) is 18.2 Å². The Kier molecular flexibility index (Phi) is 3.53. The molecule has 1 aliphatic heterocycles.